The van der Waals surface area contributed by atoms with Crippen molar-refractivity contribution in [3.63, 3.8) is 0 Å². The number of rotatable bonds is 3. The zero-order valence-electron chi connectivity index (χ0n) is 18.2. The molecule has 7 heteroatoms. The number of likely N-dealkylation sites (tertiary alicyclic amines) is 1. The first-order chi connectivity index (χ1) is 14.3. The molecule has 0 spiro atoms. The molecule has 4 heterocycles. The first kappa shape index (κ1) is 20.4. The smallest absolute Gasteiger partial charge is 0.257 e. The Morgan fingerprint density at radius 3 is 2.67 bits per heavy atom. The minimum atomic E-state index is -0.503. The summed E-state index contributed by atoms with van der Waals surface area (Å²) in [5.41, 5.74) is 0.121. The molecule has 2 aromatic heterocycles. The number of hydrogen-bond acceptors (Lipinski definition) is 5. The van der Waals surface area contributed by atoms with Gasteiger partial charge in [0.2, 0.25) is 5.91 Å². The van der Waals surface area contributed by atoms with Gasteiger partial charge in [-0.3, -0.25) is 9.59 Å². The second-order valence-electron chi connectivity index (χ2n) is 8.80. The number of aryl methyl sites for hydroxylation is 2. The van der Waals surface area contributed by atoms with E-state index in [2.05, 4.69) is 9.88 Å². The van der Waals surface area contributed by atoms with Crippen LogP contribution in [0.1, 0.15) is 34.7 Å². The molecule has 7 nitrogen and oxygen atoms in total. The van der Waals surface area contributed by atoms with Gasteiger partial charge in [-0.15, -0.1) is 0 Å². The van der Waals surface area contributed by atoms with Gasteiger partial charge in [-0.1, -0.05) is 6.07 Å². The standard InChI is InChI=1S/C23H30N4O3/c1-16-12-19(17(2)30-16)21(28)26-11-7-9-23(22(29)25(3)4)15-27(14-18(23)13-26)20-8-5-6-10-24-20/h5-6,8,10,12,18H,7,9,11,13-15H2,1-4H3/t18-,23-/m0/s1. The monoisotopic (exact) mass is 410 g/mol. The number of amides is 2. The SMILES string of the molecule is Cc1cc(C(=O)N2CCC[C@]3(C(=O)N(C)C)CN(c4ccccn4)C[C@@H]3C2)c(C)o1. The molecule has 2 aromatic rings. The number of fused-ring (bicyclic) bond motifs is 1. The van der Waals surface area contributed by atoms with Gasteiger partial charge in [0.1, 0.15) is 17.3 Å². The molecule has 0 saturated carbocycles. The van der Waals surface area contributed by atoms with Crippen molar-refractivity contribution in [1.29, 1.82) is 0 Å². The second-order valence-corrected chi connectivity index (χ2v) is 8.80. The van der Waals surface area contributed by atoms with E-state index in [1.54, 1.807) is 11.1 Å². The van der Waals surface area contributed by atoms with Crippen LogP contribution in [0.4, 0.5) is 5.82 Å². The molecule has 0 unspecified atom stereocenters. The van der Waals surface area contributed by atoms with E-state index in [1.807, 2.05) is 57.1 Å². The number of aromatic nitrogens is 1. The van der Waals surface area contributed by atoms with Gasteiger partial charge in [0, 0.05) is 52.4 Å². The average Bonchev–Trinajstić information content (AvgIpc) is 3.20. The molecule has 2 aliphatic rings. The summed E-state index contributed by atoms with van der Waals surface area (Å²) in [5, 5.41) is 0. The molecule has 160 valence electrons. The lowest BCUT2D eigenvalue weighted by molar-refractivity contribution is -0.141. The highest BCUT2D eigenvalue weighted by atomic mass is 16.3. The van der Waals surface area contributed by atoms with Gasteiger partial charge in [-0.25, -0.2) is 4.98 Å². The van der Waals surface area contributed by atoms with Gasteiger partial charge >= 0.3 is 0 Å². The highest BCUT2D eigenvalue weighted by Gasteiger charge is 2.54. The quantitative estimate of drug-likeness (QED) is 0.778. The predicted molar refractivity (Wildman–Crippen MR) is 114 cm³/mol. The lowest BCUT2D eigenvalue weighted by atomic mass is 9.74. The third-order valence-electron chi connectivity index (χ3n) is 6.55. The van der Waals surface area contributed by atoms with Gasteiger partial charge < -0.3 is 19.1 Å². The molecule has 2 saturated heterocycles. The number of carbonyl (C=O) groups excluding carboxylic acids is 2. The molecule has 0 aromatic carbocycles. The van der Waals surface area contributed by atoms with Crippen molar-refractivity contribution in [1.82, 2.24) is 14.8 Å². The van der Waals surface area contributed by atoms with Crippen molar-refractivity contribution >= 4 is 17.6 Å². The molecular weight excluding hydrogens is 380 g/mol. The number of hydrogen-bond donors (Lipinski definition) is 0. The van der Waals surface area contributed by atoms with E-state index in [4.69, 9.17) is 4.42 Å². The van der Waals surface area contributed by atoms with Crippen molar-refractivity contribution in [3.05, 3.63) is 47.5 Å². The van der Waals surface area contributed by atoms with Crippen LogP contribution in [0.2, 0.25) is 0 Å². The van der Waals surface area contributed by atoms with E-state index < -0.39 is 5.41 Å². The molecule has 2 fully saturated rings. The lowest BCUT2D eigenvalue weighted by Crippen LogP contribution is -2.47. The Balaban J connectivity index is 1.65. The summed E-state index contributed by atoms with van der Waals surface area (Å²) in [5.74, 6) is 2.47. The van der Waals surface area contributed by atoms with Crippen molar-refractivity contribution in [2.24, 2.45) is 11.3 Å². The normalized spacial score (nSPS) is 23.8. The Kier molecular flexibility index (Phi) is 5.30. The fourth-order valence-electron chi connectivity index (χ4n) is 5.14. The highest BCUT2D eigenvalue weighted by Crippen LogP contribution is 2.45. The third kappa shape index (κ3) is 3.46. The van der Waals surface area contributed by atoms with E-state index in [0.29, 0.717) is 37.5 Å². The fourth-order valence-corrected chi connectivity index (χ4v) is 5.14. The molecule has 0 aliphatic carbocycles. The Bertz CT molecular complexity index is 939. The summed E-state index contributed by atoms with van der Waals surface area (Å²) in [4.78, 5) is 37.0. The number of nitrogens with zero attached hydrogens (tertiary/aromatic N) is 4. The highest BCUT2D eigenvalue weighted by molar-refractivity contribution is 5.95. The van der Waals surface area contributed by atoms with Crippen molar-refractivity contribution < 1.29 is 14.0 Å². The number of anilines is 1. The van der Waals surface area contributed by atoms with Crippen LogP contribution in [0.3, 0.4) is 0 Å². The molecule has 2 aliphatic heterocycles. The van der Waals surface area contributed by atoms with Crippen LogP contribution in [-0.2, 0) is 4.79 Å². The molecule has 0 N–H and O–H groups in total. The fraction of sp³-hybridized carbons (Fsp3) is 0.522. The predicted octanol–water partition coefficient (Wildman–Crippen LogP) is 2.74. The topological polar surface area (TPSA) is 69.9 Å². The van der Waals surface area contributed by atoms with E-state index in [1.165, 1.54) is 0 Å². The van der Waals surface area contributed by atoms with Crippen LogP contribution in [0, 0.1) is 25.2 Å². The van der Waals surface area contributed by atoms with Crippen molar-refractivity contribution in [3.8, 4) is 0 Å². The number of furan rings is 1. The summed E-state index contributed by atoms with van der Waals surface area (Å²) < 4.78 is 5.58. The van der Waals surface area contributed by atoms with E-state index >= 15 is 0 Å². The third-order valence-corrected chi connectivity index (χ3v) is 6.55. The van der Waals surface area contributed by atoms with Crippen LogP contribution >= 0.6 is 0 Å². The van der Waals surface area contributed by atoms with Crippen molar-refractivity contribution in [2.45, 2.75) is 26.7 Å². The van der Waals surface area contributed by atoms with Gasteiger partial charge in [0.25, 0.3) is 5.91 Å². The molecule has 4 rings (SSSR count). The summed E-state index contributed by atoms with van der Waals surface area (Å²) in [6.07, 6.45) is 3.35. The summed E-state index contributed by atoms with van der Waals surface area (Å²) in [6, 6.07) is 7.67. The summed E-state index contributed by atoms with van der Waals surface area (Å²) >= 11 is 0. The zero-order chi connectivity index (χ0) is 21.5. The zero-order valence-corrected chi connectivity index (χ0v) is 18.2. The minimum absolute atomic E-state index is 0.00580. The van der Waals surface area contributed by atoms with Crippen LogP contribution in [0.5, 0.6) is 0 Å². The van der Waals surface area contributed by atoms with E-state index in [0.717, 1.165) is 24.4 Å². The molecule has 2 atom stereocenters. The molecule has 30 heavy (non-hydrogen) atoms. The first-order valence-electron chi connectivity index (χ1n) is 10.6. The maximum atomic E-state index is 13.4. The Hall–Kier alpha value is -2.83. The Labute approximate surface area is 177 Å². The average molecular weight is 411 g/mol. The van der Waals surface area contributed by atoms with Crippen LogP contribution in [0.25, 0.3) is 0 Å². The van der Waals surface area contributed by atoms with Gasteiger partial charge in [0.05, 0.1) is 11.0 Å². The lowest BCUT2D eigenvalue weighted by Gasteiger charge is -2.34. The van der Waals surface area contributed by atoms with Crippen LogP contribution in [0.15, 0.2) is 34.9 Å². The maximum absolute atomic E-state index is 13.4. The summed E-state index contributed by atoms with van der Waals surface area (Å²) in [7, 11) is 3.64. The molecule has 0 bridgehead atoms. The van der Waals surface area contributed by atoms with Gasteiger partial charge in [-0.05, 0) is 44.9 Å². The van der Waals surface area contributed by atoms with Crippen molar-refractivity contribution in [2.75, 3.05) is 45.2 Å². The van der Waals surface area contributed by atoms with E-state index in [9.17, 15) is 9.59 Å². The van der Waals surface area contributed by atoms with Crippen LogP contribution < -0.4 is 4.90 Å². The molecule has 2 amide bonds. The Morgan fingerprint density at radius 2 is 2.03 bits per heavy atom. The molecular formula is C23H30N4O3. The van der Waals surface area contributed by atoms with Gasteiger partial charge in [-0.2, -0.15) is 0 Å². The number of pyridine rings is 1. The Morgan fingerprint density at radius 1 is 1.23 bits per heavy atom. The minimum Gasteiger partial charge on any atom is -0.466 e. The molecule has 0 radical (unpaired) electrons. The van der Waals surface area contributed by atoms with Crippen LogP contribution in [-0.4, -0.2) is 66.9 Å². The first-order valence-corrected chi connectivity index (χ1v) is 10.6. The van der Waals surface area contributed by atoms with Gasteiger partial charge in [0.15, 0.2) is 0 Å². The maximum Gasteiger partial charge on any atom is 0.257 e. The number of carbonyl (C=O) groups is 2. The second kappa shape index (κ2) is 7.78. The van der Waals surface area contributed by atoms with E-state index in [-0.39, 0.29) is 17.7 Å². The summed E-state index contributed by atoms with van der Waals surface area (Å²) in [6.45, 7) is 6.25. The largest absolute Gasteiger partial charge is 0.466 e.